The molecule has 2 atom stereocenters. The van der Waals surface area contributed by atoms with E-state index in [1.54, 1.807) is 6.26 Å². The predicted octanol–water partition coefficient (Wildman–Crippen LogP) is 2.75. The number of carbonyl (C=O) groups excluding carboxylic acids is 1. The van der Waals surface area contributed by atoms with E-state index in [9.17, 15) is 4.79 Å². The maximum atomic E-state index is 11.3. The van der Waals surface area contributed by atoms with Crippen molar-refractivity contribution in [1.29, 1.82) is 0 Å². The van der Waals surface area contributed by atoms with Crippen molar-refractivity contribution < 1.29 is 9.21 Å². The highest BCUT2D eigenvalue weighted by atomic mass is 35.5. The fourth-order valence-corrected chi connectivity index (χ4v) is 2.72. The summed E-state index contributed by atoms with van der Waals surface area (Å²) in [5.41, 5.74) is 1.74. The Morgan fingerprint density at radius 2 is 2.18 bits per heavy atom. The minimum Gasteiger partial charge on any atom is -0.444 e. The molecule has 1 aromatic carbocycles. The molecule has 1 aliphatic heterocycles. The minimum atomic E-state index is 0.122. The van der Waals surface area contributed by atoms with Crippen molar-refractivity contribution in [2.24, 2.45) is 0 Å². The molecule has 2 heterocycles. The van der Waals surface area contributed by atoms with Gasteiger partial charge in [-0.2, -0.15) is 0 Å². The smallest absolute Gasteiger partial charge is 0.226 e. The van der Waals surface area contributed by atoms with E-state index in [0.717, 1.165) is 17.7 Å². The van der Waals surface area contributed by atoms with Gasteiger partial charge in [0.25, 0.3) is 0 Å². The van der Waals surface area contributed by atoms with Crippen molar-refractivity contribution >= 4 is 17.5 Å². The zero-order chi connectivity index (χ0) is 15.5. The number of piperidine rings is 1. The Labute approximate surface area is 134 Å². The molecular formula is C16H18ClN3O2. The summed E-state index contributed by atoms with van der Waals surface area (Å²) < 4.78 is 5.51. The van der Waals surface area contributed by atoms with Gasteiger partial charge in [-0.15, -0.1) is 0 Å². The molecule has 1 amide bonds. The van der Waals surface area contributed by atoms with Crippen LogP contribution in [0.5, 0.6) is 0 Å². The van der Waals surface area contributed by atoms with Crippen molar-refractivity contribution in [2.45, 2.75) is 38.4 Å². The first-order valence-corrected chi connectivity index (χ1v) is 7.73. The monoisotopic (exact) mass is 319 g/mol. The minimum absolute atomic E-state index is 0.122. The molecule has 116 valence electrons. The Balaban J connectivity index is 1.60. The first kappa shape index (κ1) is 15.1. The number of halogens is 1. The molecule has 0 radical (unpaired) electrons. The zero-order valence-electron chi connectivity index (χ0n) is 12.3. The number of aromatic nitrogens is 1. The van der Waals surface area contributed by atoms with Crippen LogP contribution in [0.2, 0.25) is 5.02 Å². The number of nitrogens with zero attached hydrogens (tertiary/aromatic N) is 1. The fraction of sp³-hybridized carbons (Fsp3) is 0.375. The molecule has 1 saturated heterocycles. The second-order valence-corrected chi connectivity index (χ2v) is 5.97. The van der Waals surface area contributed by atoms with Crippen molar-refractivity contribution in [2.75, 3.05) is 0 Å². The average Bonchev–Trinajstić information content (AvgIpc) is 2.96. The Hall–Kier alpha value is -1.85. The van der Waals surface area contributed by atoms with Crippen LogP contribution in [0.1, 0.15) is 25.5 Å². The molecule has 0 spiro atoms. The van der Waals surface area contributed by atoms with Gasteiger partial charge in [0.2, 0.25) is 11.8 Å². The maximum Gasteiger partial charge on any atom is 0.226 e. The third-order valence-corrected chi connectivity index (χ3v) is 4.11. The molecule has 0 aliphatic carbocycles. The molecule has 6 heteroatoms. The Kier molecular flexibility index (Phi) is 4.45. The lowest BCUT2D eigenvalue weighted by molar-refractivity contribution is -0.123. The van der Waals surface area contributed by atoms with Crippen LogP contribution in [0.3, 0.4) is 0 Å². The van der Waals surface area contributed by atoms with E-state index in [1.165, 1.54) is 0 Å². The molecule has 5 nitrogen and oxygen atoms in total. The lowest BCUT2D eigenvalue weighted by atomic mass is 9.99. The molecule has 1 aliphatic rings. The van der Waals surface area contributed by atoms with Gasteiger partial charge in [-0.05, 0) is 37.6 Å². The molecule has 0 saturated carbocycles. The van der Waals surface area contributed by atoms with Crippen LogP contribution in [-0.4, -0.2) is 23.0 Å². The summed E-state index contributed by atoms with van der Waals surface area (Å²) in [6.45, 7) is 2.62. The number of amides is 1. The van der Waals surface area contributed by atoms with E-state index in [2.05, 4.69) is 15.6 Å². The highest BCUT2D eigenvalue weighted by Crippen LogP contribution is 2.21. The molecule has 22 heavy (non-hydrogen) atoms. The van der Waals surface area contributed by atoms with Crippen molar-refractivity contribution in [3.05, 3.63) is 41.2 Å². The van der Waals surface area contributed by atoms with Gasteiger partial charge in [-0.1, -0.05) is 11.6 Å². The summed E-state index contributed by atoms with van der Waals surface area (Å²) in [4.78, 5) is 15.8. The SMILES string of the molecule is CC1NC(=O)CCC1NCc1coc(-c2ccc(Cl)cc2)n1. The number of nitrogens with one attached hydrogen (secondary N) is 2. The van der Waals surface area contributed by atoms with Gasteiger partial charge >= 0.3 is 0 Å². The predicted molar refractivity (Wildman–Crippen MR) is 84.4 cm³/mol. The van der Waals surface area contributed by atoms with E-state index in [1.807, 2.05) is 31.2 Å². The quantitative estimate of drug-likeness (QED) is 0.909. The largest absolute Gasteiger partial charge is 0.444 e. The molecule has 2 N–H and O–H groups in total. The lowest BCUT2D eigenvalue weighted by Gasteiger charge is -2.30. The van der Waals surface area contributed by atoms with E-state index in [-0.39, 0.29) is 18.0 Å². The number of oxazole rings is 1. The van der Waals surface area contributed by atoms with Crippen molar-refractivity contribution in [1.82, 2.24) is 15.6 Å². The number of benzene rings is 1. The van der Waals surface area contributed by atoms with Crippen LogP contribution >= 0.6 is 11.6 Å². The van der Waals surface area contributed by atoms with Crippen LogP contribution in [0.25, 0.3) is 11.5 Å². The number of hydrogen-bond acceptors (Lipinski definition) is 4. The van der Waals surface area contributed by atoms with Gasteiger partial charge in [0, 0.05) is 35.6 Å². The van der Waals surface area contributed by atoms with Gasteiger partial charge in [0.1, 0.15) is 6.26 Å². The molecule has 2 aromatic rings. The van der Waals surface area contributed by atoms with Crippen LogP contribution in [0, 0.1) is 0 Å². The fourth-order valence-electron chi connectivity index (χ4n) is 2.59. The first-order chi connectivity index (χ1) is 10.6. The summed E-state index contributed by atoms with van der Waals surface area (Å²) in [6.07, 6.45) is 3.06. The molecule has 1 aromatic heterocycles. The van der Waals surface area contributed by atoms with Gasteiger partial charge in [-0.25, -0.2) is 4.98 Å². The van der Waals surface area contributed by atoms with E-state index < -0.39 is 0 Å². The third kappa shape index (κ3) is 3.48. The summed E-state index contributed by atoms with van der Waals surface area (Å²) in [5, 5.41) is 7.05. The molecule has 2 unspecified atom stereocenters. The Bertz CT molecular complexity index is 654. The summed E-state index contributed by atoms with van der Waals surface area (Å²) in [7, 11) is 0. The second-order valence-electron chi connectivity index (χ2n) is 5.53. The summed E-state index contributed by atoms with van der Waals surface area (Å²) in [6, 6.07) is 7.77. The van der Waals surface area contributed by atoms with Gasteiger partial charge in [-0.3, -0.25) is 4.79 Å². The highest BCUT2D eigenvalue weighted by Gasteiger charge is 2.24. The molecule has 3 rings (SSSR count). The third-order valence-electron chi connectivity index (χ3n) is 3.86. The lowest BCUT2D eigenvalue weighted by Crippen LogP contribution is -2.52. The zero-order valence-corrected chi connectivity index (χ0v) is 13.1. The summed E-state index contributed by atoms with van der Waals surface area (Å²) in [5.74, 6) is 0.704. The number of rotatable bonds is 4. The average molecular weight is 320 g/mol. The van der Waals surface area contributed by atoms with Crippen LogP contribution in [0.15, 0.2) is 34.9 Å². The topological polar surface area (TPSA) is 67.2 Å². The van der Waals surface area contributed by atoms with Gasteiger partial charge < -0.3 is 15.1 Å². The standard InChI is InChI=1S/C16H18ClN3O2/c1-10-14(6-7-15(21)19-10)18-8-13-9-22-16(20-13)11-2-4-12(17)5-3-11/h2-5,9-10,14,18H,6-8H2,1H3,(H,19,21). The van der Waals surface area contributed by atoms with E-state index in [0.29, 0.717) is 23.9 Å². The molecule has 0 bridgehead atoms. The normalized spacial score (nSPS) is 21.6. The Morgan fingerprint density at radius 1 is 1.41 bits per heavy atom. The van der Waals surface area contributed by atoms with E-state index in [4.69, 9.17) is 16.0 Å². The maximum absolute atomic E-state index is 11.3. The number of carbonyl (C=O) groups is 1. The first-order valence-electron chi connectivity index (χ1n) is 7.35. The second kappa shape index (κ2) is 6.50. The van der Waals surface area contributed by atoms with Crippen molar-refractivity contribution in [3.8, 4) is 11.5 Å². The van der Waals surface area contributed by atoms with Crippen LogP contribution in [-0.2, 0) is 11.3 Å². The highest BCUT2D eigenvalue weighted by molar-refractivity contribution is 6.30. The molecular weight excluding hydrogens is 302 g/mol. The van der Waals surface area contributed by atoms with Crippen LogP contribution in [0.4, 0.5) is 0 Å². The van der Waals surface area contributed by atoms with Crippen molar-refractivity contribution in [3.63, 3.8) is 0 Å². The summed E-state index contributed by atoms with van der Waals surface area (Å²) >= 11 is 5.87. The van der Waals surface area contributed by atoms with E-state index >= 15 is 0 Å². The van der Waals surface area contributed by atoms with Crippen LogP contribution < -0.4 is 10.6 Å². The number of hydrogen-bond donors (Lipinski definition) is 2. The van der Waals surface area contributed by atoms with Gasteiger partial charge in [0.05, 0.1) is 5.69 Å². The van der Waals surface area contributed by atoms with Gasteiger partial charge in [0.15, 0.2) is 0 Å². The Morgan fingerprint density at radius 3 is 2.91 bits per heavy atom. The molecule has 1 fully saturated rings.